The van der Waals surface area contributed by atoms with E-state index in [1.807, 2.05) is 73.7 Å². The number of ether oxygens (including phenoxy) is 1. The molecule has 0 saturated carbocycles. The summed E-state index contributed by atoms with van der Waals surface area (Å²) in [6.07, 6.45) is 0. The van der Waals surface area contributed by atoms with Crippen molar-refractivity contribution in [1.29, 1.82) is 0 Å². The van der Waals surface area contributed by atoms with Gasteiger partial charge in [-0.15, -0.1) is 0 Å². The van der Waals surface area contributed by atoms with Crippen LogP contribution in [0.1, 0.15) is 43.3 Å². The quantitative estimate of drug-likeness (QED) is 0.324. The lowest BCUT2D eigenvalue weighted by Crippen LogP contribution is -2.15. The molecule has 182 valence electrons. The second kappa shape index (κ2) is 9.58. The van der Waals surface area contributed by atoms with Crippen LogP contribution >= 0.6 is 0 Å². The first-order valence-electron chi connectivity index (χ1n) is 11.5. The van der Waals surface area contributed by atoms with Crippen LogP contribution < -0.4 is 9.46 Å². The number of hydrogen-bond donors (Lipinski definition) is 1. The first-order valence-corrected chi connectivity index (χ1v) is 13.0. The second-order valence-corrected chi connectivity index (χ2v) is 11.3. The van der Waals surface area contributed by atoms with Gasteiger partial charge in [-0.2, -0.15) is 5.10 Å². The smallest absolute Gasteiger partial charge is 0.262 e. The predicted molar refractivity (Wildman–Crippen MR) is 140 cm³/mol. The van der Waals surface area contributed by atoms with Gasteiger partial charge in [0, 0.05) is 0 Å². The van der Waals surface area contributed by atoms with Crippen molar-refractivity contribution in [3.63, 3.8) is 0 Å². The van der Waals surface area contributed by atoms with Crippen LogP contribution in [0.2, 0.25) is 0 Å². The molecule has 4 aromatic rings. The molecule has 0 fully saturated rings. The van der Waals surface area contributed by atoms with E-state index in [9.17, 15) is 8.42 Å². The maximum absolute atomic E-state index is 13.1. The maximum Gasteiger partial charge on any atom is 0.262 e. The number of hydrogen-bond acceptors (Lipinski definition) is 4. The van der Waals surface area contributed by atoms with Crippen LogP contribution in [0.4, 0.5) is 5.69 Å². The van der Waals surface area contributed by atoms with Gasteiger partial charge in [-0.3, -0.25) is 9.40 Å². The van der Waals surface area contributed by atoms with Gasteiger partial charge >= 0.3 is 0 Å². The summed E-state index contributed by atoms with van der Waals surface area (Å²) in [5.41, 5.74) is 3.89. The number of rotatable bonds is 7. The van der Waals surface area contributed by atoms with Gasteiger partial charge in [0.15, 0.2) is 0 Å². The molecule has 3 aromatic carbocycles. The molecule has 0 aliphatic heterocycles. The maximum atomic E-state index is 13.1. The Balaban J connectivity index is 1.53. The number of benzene rings is 3. The number of sulfonamides is 1. The number of aryl methyl sites for hydroxylation is 1. The SMILES string of the molecule is Cc1nn(Cc2cccc(Oc3ccccc3)c2)c(C)c1NS(=O)(=O)c1ccc(C(C)(C)C)cc1. The van der Waals surface area contributed by atoms with Gasteiger partial charge in [0.1, 0.15) is 11.5 Å². The zero-order valence-corrected chi connectivity index (χ0v) is 21.6. The summed E-state index contributed by atoms with van der Waals surface area (Å²) < 4.78 is 36.7. The van der Waals surface area contributed by atoms with Gasteiger partial charge in [0.25, 0.3) is 10.0 Å². The van der Waals surface area contributed by atoms with E-state index in [4.69, 9.17) is 4.74 Å². The molecule has 7 heteroatoms. The van der Waals surface area contributed by atoms with Gasteiger partial charge in [-0.05, 0) is 66.8 Å². The number of nitrogens with zero attached hydrogens (tertiary/aromatic N) is 2. The van der Waals surface area contributed by atoms with E-state index in [-0.39, 0.29) is 10.3 Å². The lowest BCUT2D eigenvalue weighted by Gasteiger charge is -2.19. The van der Waals surface area contributed by atoms with E-state index in [0.29, 0.717) is 17.9 Å². The Hall–Kier alpha value is -3.58. The van der Waals surface area contributed by atoms with Gasteiger partial charge in [0.2, 0.25) is 0 Å². The fourth-order valence-corrected chi connectivity index (χ4v) is 5.01. The molecule has 0 radical (unpaired) electrons. The highest BCUT2D eigenvalue weighted by molar-refractivity contribution is 7.92. The van der Waals surface area contributed by atoms with Gasteiger partial charge in [-0.25, -0.2) is 8.42 Å². The number of aromatic nitrogens is 2. The minimum Gasteiger partial charge on any atom is -0.457 e. The van der Waals surface area contributed by atoms with Crippen LogP contribution in [0, 0.1) is 13.8 Å². The fraction of sp³-hybridized carbons (Fsp3) is 0.250. The van der Waals surface area contributed by atoms with E-state index < -0.39 is 10.0 Å². The Morgan fingerprint density at radius 3 is 2.20 bits per heavy atom. The lowest BCUT2D eigenvalue weighted by molar-refractivity contribution is 0.481. The van der Waals surface area contributed by atoms with Crippen LogP contribution in [0.25, 0.3) is 0 Å². The highest BCUT2D eigenvalue weighted by atomic mass is 32.2. The minimum atomic E-state index is -3.74. The summed E-state index contributed by atoms with van der Waals surface area (Å²) in [7, 11) is -3.74. The van der Waals surface area contributed by atoms with Crippen molar-refractivity contribution >= 4 is 15.7 Å². The van der Waals surface area contributed by atoms with Crippen molar-refractivity contribution in [2.45, 2.75) is 51.5 Å². The molecule has 0 bridgehead atoms. The molecule has 35 heavy (non-hydrogen) atoms. The average molecular weight is 490 g/mol. The van der Waals surface area contributed by atoms with Crippen molar-refractivity contribution < 1.29 is 13.2 Å². The zero-order valence-electron chi connectivity index (χ0n) is 20.7. The minimum absolute atomic E-state index is 0.0481. The Morgan fingerprint density at radius 1 is 0.886 bits per heavy atom. The molecule has 0 aliphatic rings. The summed E-state index contributed by atoms with van der Waals surface area (Å²) in [5, 5.41) is 4.59. The summed E-state index contributed by atoms with van der Waals surface area (Å²) >= 11 is 0. The molecule has 0 amide bonds. The molecule has 0 atom stereocenters. The Kier molecular flexibility index (Phi) is 6.72. The van der Waals surface area contributed by atoms with Crippen molar-refractivity contribution in [3.05, 3.63) is 101 Å². The Morgan fingerprint density at radius 2 is 1.54 bits per heavy atom. The molecule has 0 saturated heterocycles. The van der Waals surface area contributed by atoms with Crippen molar-refractivity contribution in [2.75, 3.05) is 4.72 Å². The monoisotopic (exact) mass is 489 g/mol. The van der Waals surface area contributed by atoms with Crippen LogP contribution in [0.5, 0.6) is 11.5 Å². The van der Waals surface area contributed by atoms with Crippen LogP contribution in [0.15, 0.2) is 83.8 Å². The molecule has 1 heterocycles. The molecule has 1 aromatic heterocycles. The van der Waals surface area contributed by atoms with Gasteiger partial charge < -0.3 is 4.74 Å². The normalized spacial score (nSPS) is 11.9. The summed E-state index contributed by atoms with van der Waals surface area (Å²) in [4.78, 5) is 0.225. The number of nitrogens with one attached hydrogen (secondary N) is 1. The van der Waals surface area contributed by atoms with E-state index in [1.165, 1.54) is 0 Å². The largest absolute Gasteiger partial charge is 0.457 e. The highest BCUT2D eigenvalue weighted by Crippen LogP contribution is 2.27. The van der Waals surface area contributed by atoms with Crippen molar-refractivity contribution in [3.8, 4) is 11.5 Å². The number of para-hydroxylation sites is 1. The zero-order chi connectivity index (χ0) is 25.2. The third kappa shape index (κ3) is 5.74. The molecular formula is C28H31N3O3S. The Labute approximate surface area is 207 Å². The fourth-order valence-electron chi connectivity index (χ4n) is 3.83. The van der Waals surface area contributed by atoms with E-state index in [1.54, 1.807) is 23.7 Å². The molecule has 0 unspecified atom stereocenters. The molecule has 0 aliphatic carbocycles. The first-order chi connectivity index (χ1) is 16.5. The predicted octanol–water partition coefficient (Wildman–Crippen LogP) is 6.44. The Bertz CT molecular complexity index is 1420. The third-order valence-electron chi connectivity index (χ3n) is 5.86. The molecule has 1 N–H and O–H groups in total. The van der Waals surface area contributed by atoms with Crippen LogP contribution in [-0.2, 0) is 22.0 Å². The standard InChI is InChI=1S/C28H31N3O3S/c1-20-27(30-35(32,33)26-16-14-23(15-17-26)28(3,4)5)21(2)31(29-20)19-22-10-9-13-25(18-22)34-24-11-7-6-8-12-24/h6-18,30H,19H2,1-5H3. The van der Waals surface area contributed by atoms with E-state index in [2.05, 4.69) is 30.6 Å². The highest BCUT2D eigenvalue weighted by Gasteiger charge is 2.21. The lowest BCUT2D eigenvalue weighted by atomic mass is 9.87. The van der Waals surface area contributed by atoms with E-state index >= 15 is 0 Å². The van der Waals surface area contributed by atoms with Crippen LogP contribution in [0.3, 0.4) is 0 Å². The second-order valence-electron chi connectivity index (χ2n) is 9.65. The first kappa shape index (κ1) is 24.5. The average Bonchev–Trinajstić information content (AvgIpc) is 3.06. The molecule has 6 nitrogen and oxygen atoms in total. The summed E-state index contributed by atoms with van der Waals surface area (Å²) in [6, 6.07) is 24.4. The molecule has 4 rings (SSSR count). The van der Waals surface area contributed by atoms with Crippen LogP contribution in [-0.4, -0.2) is 18.2 Å². The molecular weight excluding hydrogens is 458 g/mol. The summed E-state index contributed by atoms with van der Waals surface area (Å²) in [5.74, 6) is 1.50. The van der Waals surface area contributed by atoms with Gasteiger partial charge in [-0.1, -0.05) is 63.2 Å². The molecule has 0 spiro atoms. The summed E-state index contributed by atoms with van der Waals surface area (Å²) in [6.45, 7) is 10.4. The van der Waals surface area contributed by atoms with Crippen molar-refractivity contribution in [2.24, 2.45) is 0 Å². The van der Waals surface area contributed by atoms with Gasteiger partial charge in [0.05, 0.1) is 28.5 Å². The van der Waals surface area contributed by atoms with Crippen molar-refractivity contribution in [1.82, 2.24) is 9.78 Å². The topological polar surface area (TPSA) is 73.2 Å². The van der Waals surface area contributed by atoms with E-state index in [0.717, 1.165) is 28.3 Å². The third-order valence-corrected chi connectivity index (χ3v) is 7.22. The number of anilines is 1.